The Labute approximate surface area is 120 Å². The van der Waals surface area contributed by atoms with Gasteiger partial charge in [0.25, 0.3) is 0 Å². The van der Waals surface area contributed by atoms with E-state index >= 15 is 0 Å². The molecule has 108 valence electrons. The molecule has 1 N–H and O–H groups in total. The molecule has 1 aromatic carbocycles. The molecule has 2 aliphatic rings. The number of hydrogen-bond acceptors (Lipinski definition) is 3. The van der Waals surface area contributed by atoms with Crippen LogP contribution in [0.15, 0.2) is 23.1 Å². The maximum absolute atomic E-state index is 13.1. The van der Waals surface area contributed by atoms with E-state index in [4.69, 9.17) is 0 Å². The normalized spacial score (nSPS) is 25.0. The fourth-order valence-corrected chi connectivity index (χ4v) is 3.69. The van der Waals surface area contributed by atoms with Crippen molar-refractivity contribution in [1.82, 2.24) is 10.2 Å². The van der Waals surface area contributed by atoms with E-state index in [0.29, 0.717) is 16.7 Å². The first-order valence-electron chi connectivity index (χ1n) is 6.70. The maximum Gasteiger partial charge on any atom is 0.232 e. The van der Waals surface area contributed by atoms with Crippen molar-refractivity contribution in [2.75, 3.05) is 31.9 Å². The summed E-state index contributed by atoms with van der Waals surface area (Å²) in [5, 5.41) is 3.33. The molecule has 0 bridgehead atoms. The Bertz CT molecular complexity index is 514. The summed E-state index contributed by atoms with van der Waals surface area (Å²) in [5.41, 5.74) is 0. The second-order valence-corrected chi connectivity index (χ2v) is 6.39. The number of nitrogens with zero attached hydrogens (tertiary/aromatic N) is 1. The van der Waals surface area contributed by atoms with Gasteiger partial charge in [0.05, 0.1) is 5.75 Å². The number of likely N-dealkylation sites (tertiary alicyclic amines) is 1. The van der Waals surface area contributed by atoms with Gasteiger partial charge in [-0.1, -0.05) is 0 Å². The van der Waals surface area contributed by atoms with Crippen LogP contribution in [0.4, 0.5) is 8.78 Å². The number of benzene rings is 1. The van der Waals surface area contributed by atoms with E-state index in [1.165, 1.54) is 17.8 Å². The molecule has 20 heavy (non-hydrogen) atoms. The lowest BCUT2D eigenvalue weighted by Gasteiger charge is -2.17. The third-order valence-corrected chi connectivity index (χ3v) is 4.97. The highest BCUT2D eigenvalue weighted by Crippen LogP contribution is 2.27. The van der Waals surface area contributed by atoms with Gasteiger partial charge >= 0.3 is 0 Å². The van der Waals surface area contributed by atoms with Crippen LogP contribution in [0.25, 0.3) is 0 Å². The molecule has 2 fully saturated rings. The largest absolute Gasteiger partial charge is 0.341 e. The topological polar surface area (TPSA) is 32.3 Å². The van der Waals surface area contributed by atoms with Gasteiger partial charge in [-0.2, -0.15) is 0 Å². The van der Waals surface area contributed by atoms with Crippen molar-refractivity contribution in [1.29, 1.82) is 0 Å². The van der Waals surface area contributed by atoms with Gasteiger partial charge in [-0.3, -0.25) is 4.79 Å². The van der Waals surface area contributed by atoms with E-state index in [9.17, 15) is 13.6 Å². The Morgan fingerprint density at radius 2 is 1.95 bits per heavy atom. The molecule has 1 aromatic rings. The summed E-state index contributed by atoms with van der Waals surface area (Å²) in [7, 11) is 0. The molecular formula is C14H16F2N2OS. The Hall–Kier alpha value is -1.14. The van der Waals surface area contributed by atoms with Crippen molar-refractivity contribution in [3.8, 4) is 0 Å². The van der Waals surface area contributed by atoms with Gasteiger partial charge in [-0.25, -0.2) is 8.78 Å². The molecular weight excluding hydrogens is 282 g/mol. The number of rotatable bonds is 3. The Kier molecular flexibility index (Phi) is 3.94. The first-order valence-corrected chi connectivity index (χ1v) is 7.68. The summed E-state index contributed by atoms with van der Waals surface area (Å²) < 4.78 is 25.9. The number of carbonyl (C=O) groups is 1. The number of fused-ring (bicyclic) bond motifs is 1. The highest BCUT2D eigenvalue weighted by Gasteiger charge is 2.37. The van der Waals surface area contributed by atoms with Crippen molar-refractivity contribution < 1.29 is 13.6 Å². The Morgan fingerprint density at radius 3 is 2.60 bits per heavy atom. The average molecular weight is 298 g/mol. The van der Waals surface area contributed by atoms with E-state index < -0.39 is 11.6 Å². The zero-order chi connectivity index (χ0) is 14.1. The van der Waals surface area contributed by atoms with Crippen molar-refractivity contribution in [3.63, 3.8) is 0 Å². The van der Waals surface area contributed by atoms with Crippen LogP contribution < -0.4 is 5.32 Å². The molecule has 1 amide bonds. The second-order valence-electron chi connectivity index (χ2n) is 5.34. The average Bonchev–Trinajstić information content (AvgIpc) is 3.00. The van der Waals surface area contributed by atoms with Crippen LogP contribution in [0.3, 0.4) is 0 Å². The summed E-state index contributed by atoms with van der Waals surface area (Å²) in [6.45, 7) is 3.61. The zero-order valence-electron chi connectivity index (χ0n) is 10.9. The van der Waals surface area contributed by atoms with Crippen LogP contribution >= 0.6 is 11.8 Å². The SMILES string of the molecule is O=C(CSc1ccc(F)c(F)c1)N1C[C@H]2CNC[C@H]2C1. The number of halogens is 2. The summed E-state index contributed by atoms with van der Waals surface area (Å²) in [5.74, 6) is -0.226. The van der Waals surface area contributed by atoms with E-state index in [1.54, 1.807) is 0 Å². The first-order chi connectivity index (χ1) is 9.63. The number of amides is 1. The van der Waals surface area contributed by atoms with Gasteiger partial charge < -0.3 is 10.2 Å². The highest BCUT2D eigenvalue weighted by atomic mass is 32.2. The fraction of sp³-hybridized carbons (Fsp3) is 0.500. The highest BCUT2D eigenvalue weighted by molar-refractivity contribution is 8.00. The van der Waals surface area contributed by atoms with E-state index in [2.05, 4.69) is 5.32 Å². The molecule has 0 radical (unpaired) electrons. The lowest BCUT2D eigenvalue weighted by molar-refractivity contribution is -0.127. The molecule has 6 heteroatoms. The third kappa shape index (κ3) is 2.81. The minimum absolute atomic E-state index is 0.0779. The zero-order valence-corrected chi connectivity index (χ0v) is 11.8. The van der Waals surface area contributed by atoms with Crippen LogP contribution in [-0.4, -0.2) is 42.7 Å². The molecule has 2 atom stereocenters. The van der Waals surface area contributed by atoms with Crippen molar-refractivity contribution in [3.05, 3.63) is 29.8 Å². The Balaban J connectivity index is 1.53. The van der Waals surface area contributed by atoms with E-state index in [1.807, 2.05) is 4.90 Å². The lowest BCUT2D eigenvalue weighted by atomic mass is 10.0. The van der Waals surface area contributed by atoms with Crippen LogP contribution in [-0.2, 0) is 4.79 Å². The van der Waals surface area contributed by atoms with E-state index in [0.717, 1.165) is 38.3 Å². The van der Waals surface area contributed by atoms with Gasteiger partial charge in [0, 0.05) is 31.1 Å². The molecule has 3 nitrogen and oxygen atoms in total. The minimum Gasteiger partial charge on any atom is -0.341 e. The fourth-order valence-electron chi connectivity index (χ4n) is 2.86. The molecule has 0 saturated carbocycles. The molecule has 0 aromatic heterocycles. The molecule has 3 rings (SSSR count). The number of nitrogens with one attached hydrogen (secondary N) is 1. The van der Waals surface area contributed by atoms with Gasteiger partial charge in [0.2, 0.25) is 5.91 Å². The summed E-state index contributed by atoms with van der Waals surface area (Å²) >= 11 is 1.25. The van der Waals surface area contributed by atoms with Crippen molar-refractivity contribution in [2.24, 2.45) is 11.8 Å². The number of carbonyl (C=O) groups excluding carboxylic acids is 1. The molecule has 0 unspecified atom stereocenters. The summed E-state index contributed by atoms with van der Waals surface area (Å²) in [6.07, 6.45) is 0. The van der Waals surface area contributed by atoms with Gasteiger partial charge in [-0.15, -0.1) is 11.8 Å². The number of hydrogen-bond donors (Lipinski definition) is 1. The van der Waals surface area contributed by atoms with Gasteiger partial charge in [0.1, 0.15) is 0 Å². The quantitative estimate of drug-likeness (QED) is 0.863. The second kappa shape index (κ2) is 5.69. The standard InChI is InChI=1S/C14H16F2N2OS/c15-12-2-1-11(3-13(12)16)20-8-14(19)18-6-9-4-17-5-10(9)7-18/h1-3,9-10,17H,4-8H2/t9-,10+. The van der Waals surface area contributed by atoms with Crippen molar-refractivity contribution >= 4 is 17.7 Å². The molecule has 2 aliphatic heterocycles. The predicted molar refractivity (Wildman–Crippen MR) is 73.5 cm³/mol. The summed E-state index contributed by atoms with van der Waals surface area (Å²) in [4.78, 5) is 14.6. The minimum atomic E-state index is -0.871. The third-order valence-electron chi connectivity index (χ3n) is 4.00. The van der Waals surface area contributed by atoms with Gasteiger partial charge in [-0.05, 0) is 30.0 Å². The van der Waals surface area contributed by atoms with Gasteiger partial charge in [0.15, 0.2) is 11.6 Å². The van der Waals surface area contributed by atoms with Crippen LogP contribution in [0.5, 0.6) is 0 Å². The smallest absolute Gasteiger partial charge is 0.232 e. The van der Waals surface area contributed by atoms with Crippen LogP contribution in [0.2, 0.25) is 0 Å². The monoisotopic (exact) mass is 298 g/mol. The first kappa shape index (κ1) is 13.8. The van der Waals surface area contributed by atoms with E-state index in [-0.39, 0.29) is 11.7 Å². The number of thioether (sulfide) groups is 1. The predicted octanol–water partition coefficient (Wildman–Crippen LogP) is 1.73. The van der Waals surface area contributed by atoms with Crippen LogP contribution in [0.1, 0.15) is 0 Å². The molecule has 0 spiro atoms. The molecule has 2 heterocycles. The lowest BCUT2D eigenvalue weighted by Crippen LogP contribution is -2.33. The Morgan fingerprint density at radius 1 is 1.25 bits per heavy atom. The summed E-state index contributed by atoms with van der Waals surface area (Å²) in [6, 6.07) is 3.73. The maximum atomic E-state index is 13.1. The van der Waals surface area contributed by atoms with Crippen LogP contribution in [0, 0.1) is 23.5 Å². The molecule has 2 saturated heterocycles. The molecule has 0 aliphatic carbocycles. The van der Waals surface area contributed by atoms with Crippen molar-refractivity contribution in [2.45, 2.75) is 4.90 Å².